The molecular weight excluding hydrogens is 360 g/mol. The maximum absolute atomic E-state index is 12.6. The first-order valence-electron chi connectivity index (χ1n) is 7.92. The van der Waals surface area contributed by atoms with Crippen LogP contribution in [0, 0.1) is 5.92 Å². The van der Waals surface area contributed by atoms with Crippen LogP contribution in [0.4, 0.5) is 4.79 Å². The van der Waals surface area contributed by atoms with Gasteiger partial charge in [-0.1, -0.05) is 28.1 Å². The zero-order valence-corrected chi connectivity index (χ0v) is 15.2. The third-order valence-electron chi connectivity index (χ3n) is 4.01. The molecule has 0 N–H and O–H groups in total. The summed E-state index contributed by atoms with van der Waals surface area (Å²) >= 11 is 3.41. The van der Waals surface area contributed by atoms with Gasteiger partial charge in [-0.15, -0.1) is 0 Å². The average Bonchev–Trinajstić information content (AvgIpc) is 2.56. The van der Waals surface area contributed by atoms with Crippen LogP contribution in [0.3, 0.4) is 0 Å². The molecule has 1 atom stereocenters. The smallest absolute Gasteiger partial charge is 0.409 e. The molecule has 1 saturated heterocycles. The molecular formula is C17H23BrN2O3. The van der Waals surface area contributed by atoms with Crippen molar-refractivity contribution in [2.45, 2.75) is 26.3 Å². The third-order valence-corrected chi connectivity index (χ3v) is 4.53. The zero-order chi connectivity index (χ0) is 16.8. The topological polar surface area (TPSA) is 49.9 Å². The molecule has 6 heteroatoms. The number of benzene rings is 1. The van der Waals surface area contributed by atoms with Crippen LogP contribution in [0.5, 0.6) is 0 Å². The highest BCUT2D eigenvalue weighted by Gasteiger charge is 2.30. The van der Waals surface area contributed by atoms with Crippen LogP contribution >= 0.6 is 15.9 Å². The van der Waals surface area contributed by atoms with Gasteiger partial charge in [0, 0.05) is 31.2 Å². The van der Waals surface area contributed by atoms with Gasteiger partial charge < -0.3 is 14.5 Å². The largest absolute Gasteiger partial charge is 0.450 e. The Hall–Kier alpha value is -1.56. The van der Waals surface area contributed by atoms with E-state index in [0.717, 1.165) is 22.9 Å². The second-order valence-electron chi connectivity index (χ2n) is 5.80. The van der Waals surface area contributed by atoms with Crippen LogP contribution in [-0.4, -0.2) is 48.5 Å². The molecule has 0 aliphatic carbocycles. The zero-order valence-electron chi connectivity index (χ0n) is 13.6. The van der Waals surface area contributed by atoms with Gasteiger partial charge in [-0.05, 0) is 37.5 Å². The van der Waals surface area contributed by atoms with Crippen molar-refractivity contribution in [3.05, 3.63) is 34.3 Å². The van der Waals surface area contributed by atoms with E-state index in [2.05, 4.69) is 15.9 Å². The Bertz CT molecular complexity index is 547. The van der Waals surface area contributed by atoms with E-state index in [-0.39, 0.29) is 17.9 Å². The molecule has 1 fully saturated rings. The SMILES string of the molecule is CCOC(=O)N1CCCC(C(=O)N(C)Cc2ccc(Br)cc2)C1. The van der Waals surface area contributed by atoms with Crippen LogP contribution in [0.2, 0.25) is 0 Å². The molecule has 0 spiro atoms. The summed E-state index contributed by atoms with van der Waals surface area (Å²) in [6, 6.07) is 7.94. The lowest BCUT2D eigenvalue weighted by Gasteiger charge is -2.33. The summed E-state index contributed by atoms with van der Waals surface area (Å²) in [5, 5.41) is 0. The molecule has 126 valence electrons. The molecule has 1 heterocycles. The second-order valence-corrected chi connectivity index (χ2v) is 6.72. The molecule has 23 heavy (non-hydrogen) atoms. The number of hydrogen-bond donors (Lipinski definition) is 0. The highest BCUT2D eigenvalue weighted by atomic mass is 79.9. The summed E-state index contributed by atoms with van der Waals surface area (Å²) in [4.78, 5) is 27.8. The molecule has 1 aromatic rings. The minimum atomic E-state index is -0.319. The van der Waals surface area contributed by atoms with Gasteiger partial charge in [0.05, 0.1) is 12.5 Å². The minimum Gasteiger partial charge on any atom is -0.450 e. The normalized spacial score (nSPS) is 17.7. The lowest BCUT2D eigenvalue weighted by molar-refractivity contribution is -0.136. The van der Waals surface area contributed by atoms with Crippen molar-refractivity contribution in [3.63, 3.8) is 0 Å². The summed E-state index contributed by atoms with van der Waals surface area (Å²) < 4.78 is 6.06. The van der Waals surface area contributed by atoms with Crippen molar-refractivity contribution >= 4 is 27.9 Å². The Morgan fingerprint density at radius 2 is 2.04 bits per heavy atom. The van der Waals surface area contributed by atoms with Crippen molar-refractivity contribution in [2.24, 2.45) is 5.92 Å². The number of amides is 2. The summed E-state index contributed by atoms with van der Waals surface area (Å²) in [5.41, 5.74) is 1.09. The number of hydrogen-bond acceptors (Lipinski definition) is 3. The molecule has 0 bridgehead atoms. The molecule has 1 aromatic carbocycles. The predicted molar refractivity (Wildman–Crippen MR) is 91.9 cm³/mol. The van der Waals surface area contributed by atoms with Gasteiger partial charge in [0.25, 0.3) is 0 Å². The lowest BCUT2D eigenvalue weighted by atomic mass is 9.96. The first-order valence-corrected chi connectivity index (χ1v) is 8.71. The van der Waals surface area contributed by atoms with E-state index >= 15 is 0 Å². The molecule has 2 rings (SSSR count). The van der Waals surface area contributed by atoms with Gasteiger partial charge in [-0.25, -0.2) is 4.79 Å². The molecule has 1 aliphatic heterocycles. The Kier molecular flexibility index (Phi) is 6.45. The summed E-state index contributed by atoms with van der Waals surface area (Å²) in [6.45, 7) is 3.83. The molecule has 0 radical (unpaired) electrons. The maximum atomic E-state index is 12.6. The summed E-state index contributed by atoms with van der Waals surface area (Å²) in [6.07, 6.45) is 1.33. The van der Waals surface area contributed by atoms with E-state index in [9.17, 15) is 9.59 Å². The Labute approximate surface area is 145 Å². The highest BCUT2D eigenvalue weighted by Crippen LogP contribution is 2.20. The fraction of sp³-hybridized carbons (Fsp3) is 0.529. The molecule has 2 amide bonds. The Balaban J connectivity index is 1.93. The van der Waals surface area contributed by atoms with E-state index in [1.165, 1.54) is 0 Å². The van der Waals surface area contributed by atoms with E-state index in [4.69, 9.17) is 4.74 Å². The highest BCUT2D eigenvalue weighted by molar-refractivity contribution is 9.10. The fourth-order valence-electron chi connectivity index (χ4n) is 2.81. The van der Waals surface area contributed by atoms with Gasteiger partial charge in [-0.2, -0.15) is 0 Å². The van der Waals surface area contributed by atoms with E-state index in [1.807, 2.05) is 31.3 Å². The second kappa shape index (κ2) is 8.34. The van der Waals surface area contributed by atoms with E-state index in [1.54, 1.807) is 16.7 Å². The molecule has 1 unspecified atom stereocenters. The van der Waals surface area contributed by atoms with Crippen molar-refractivity contribution in [2.75, 3.05) is 26.7 Å². The van der Waals surface area contributed by atoms with Crippen molar-refractivity contribution in [3.8, 4) is 0 Å². The Morgan fingerprint density at radius 3 is 2.70 bits per heavy atom. The summed E-state index contributed by atoms with van der Waals surface area (Å²) in [7, 11) is 1.81. The number of piperidine rings is 1. The van der Waals surface area contributed by atoms with Gasteiger partial charge in [0.2, 0.25) is 5.91 Å². The number of ether oxygens (including phenoxy) is 1. The quantitative estimate of drug-likeness (QED) is 0.802. The fourth-order valence-corrected chi connectivity index (χ4v) is 3.08. The van der Waals surface area contributed by atoms with Crippen LogP contribution < -0.4 is 0 Å². The standard InChI is InChI=1S/C17H23BrN2O3/c1-3-23-17(22)20-10-4-5-14(12-20)16(21)19(2)11-13-6-8-15(18)9-7-13/h6-9,14H,3-5,10-12H2,1-2H3. The van der Waals surface area contributed by atoms with Crippen molar-refractivity contribution in [1.82, 2.24) is 9.80 Å². The molecule has 1 aliphatic rings. The first kappa shape index (κ1) is 17.8. The number of rotatable bonds is 4. The van der Waals surface area contributed by atoms with Crippen LogP contribution in [-0.2, 0) is 16.1 Å². The number of carbonyl (C=O) groups excluding carboxylic acids is 2. The van der Waals surface area contributed by atoms with Crippen LogP contribution in [0.25, 0.3) is 0 Å². The number of nitrogens with zero attached hydrogens (tertiary/aromatic N) is 2. The van der Waals surface area contributed by atoms with Crippen LogP contribution in [0.15, 0.2) is 28.7 Å². The first-order chi connectivity index (χ1) is 11.0. The molecule has 5 nitrogen and oxygen atoms in total. The van der Waals surface area contributed by atoms with Gasteiger partial charge in [-0.3, -0.25) is 4.79 Å². The van der Waals surface area contributed by atoms with Gasteiger partial charge in [0.15, 0.2) is 0 Å². The van der Waals surface area contributed by atoms with E-state index < -0.39 is 0 Å². The molecule has 0 aromatic heterocycles. The van der Waals surface area contributed by atoms with Crippen molar-refractivity contribution in [1.29, 1.82) is 0 Å². The van der Waals surface area contributed by atoms with Gasteiger partial charge >= 0.3 is 6.09 Å². The Morgan fingerprint density at radius 1 is 1.35 bits per heavy atom. The maximum Gasteiger partial charge on any atom is 0.409 e. The number of likely N-dealkylation sites (tertiary alicyclic amines) is 1. The lowest BCUT2D eigenvalue weighted by Crippen LogP contribution is -2.45. The summed E-state index contributed by atoms with van der Waals surface area (Å²) in [5.74, 6) is -0.0597. The number of carbonyl (C=O) groups is 2. The van der Waals surface area contributed by atoms with Crippen LogP contribution in [0.1, 0.15) is 25.3 Å². The van der Waals surface area contributed by atoms with E-state index in [0.29, 0.717) is 26.2 Å². The van der Waals surface area contributed by atoms with Gasteiger partial charge in [0.1, 0.15) is 0 Å². The number of halogens is 1. The third kappa shape index (κ3) is 4.96. The minimum absolute atomic E-state index is 0.0851. The predicted octanol–water partition coefficient (Wildman–Crippen LogP) is 3.28. The monoisotopic (exact) mass is 382 g/mol. The average molecular weight is 383 g/mol. The van der Waals surface area contributed by atoms with Crippen molar-refractivity contribution < 1.29 is 14.3 Å². The molecule has 0 saturated carbocycles.